The Bertz CT molecular complexity index is 1720. The lowest BCUT2D eigenvalue weighted by atomic mass is 9.89. The molecule has 0 unspecified atom stereocenters. The highest BCUT2D eigenvalue weighted by Gasteiger charge is 2.29. The molecular weight excluding hydrogens is 510 g/mol. The van der Waals surface area contributed by atoms with E-state index in [1.807, 2.05) is 6.07 Å². The summed E-state index contributed by atoms with van der Waals surface area (Å²) in [6.07, 6.45) is 9.71. The molecule has 1 saturated carbocycles. The molecule has 0 bridgehead atoms. The Labute approximate surface area is 239 Å². The van der Waals surface area contributed by atoms with Crippen LogP contribution in [-0.2, 0) is 0 Å². The van der Waals surface area contributed by atoms with Crippen molar-refractivity contribution in [3.05, 3.63) is 84.3 Å². The molecule has 3 aromatic heterocycles. The fourth-order valence-corrected chi connectivity index (χ4v) is 6.36. The first-order chi connectivity index (χ1) is 20.2. The quantitative estimate of drug-likeness (QED) is 0.246. The lowest BCUT2D eigenvalue weighted by Gasteiger charge is -2.35. The van der Waals surface area contributed by atoms with Crippen molar-refractivity contribution >= 4 is 22.7 Å². The Morgan fingerprint density at radius 1 is 0.902 bits per heavy atom. The van der Waals surface area contributed by atoms with Crippen LogP contribution in [0.25, 0.3) is 27.8 Å². The predicted octanol–water partition coefficient (Wildman–Crippen LogP) is 6.63. The maximum atomic E-state index is 9.83. The summed E-state index contributed by atoms with van der Waals surface area (Å²) in [6, 6.07) is 21.2. The Balaban J connectivity index is 1.22. The van der Waals surface area contributed by atoms with Gasteiger partial charge in [-0.05, 0) is 43.0 Å². The highest BCUT2D eigenvalue weighted by molar-refractivity contribution is 6.02. The topological polar surface area (TPSA) is 87.0 Å². The number of benzene rings is 2. The van der Waals surface area contributed by atoms with E-state index in [9.17, 15) is 5.26 Å². The van der Waals surface area contributed by atoms with Gasteiger partial charge in [0.05, 0.1) is 5.39 Å². The van der Waals surface area contributed by atoms with Gasteiger partial charge >= 0.3 is 0 Å². The molecule has 1 aliphatic carbocycles. The van der Waals surface area contributed by atoms with Gasteiger partial charge in [0, 0.05) is 49.5 Å². The zero-order chi connectivity index (χ0) is 27.8. The van der Waals surface area contributed by atoms with Crippen molar-refractivity contribution in [2.75, 3.05) is 36.0 Å². The Morgan fingerprint density at radius 2 is 1.68 bits per heavy atom. The van der Waals surface area contributed by atoms with E-state index >= 15 is 0 Å². The molecular formula is C33H33N7O. The molecule has 5 aromatic rings. The third-order valence-corrected chi connectivity index (χ3v) is 8.48. The highest BCUT2D eigenvalue weighted by atomic mass is 16.4. The highest BCUT2D eigenvalue weighted by Crippen LogP contribution is 2.38. The summed E-state index contributed by atoms with van der Waals surface area (Å²) in [5.41, 5.74) is 5.82. The number of nitriles is 1. The fourth-order valence-electron chi connectivity index (χ4n) is 6.36. The van der Waals surface area contributed by atoms with Crippen LogP contribution in [0.5, 0.6) is 0 Å². The van der Waals surface area contributed by atoms with E-state index in [0.717, 1.165) is 78.6 Å². The van der Waals surface area contributed by atoms with Crippen molar-refractivity contribution < 1.29 is 4.42 Å². The number of hydrogen-bond donors (Lipinski definition) is 0. The van der Waals surface area contributed by atoms with E-state index in [2.05, 4.69) is 87.1 Å². The maximum Gasteiger partial charge on any atom is 0.234 e. The second-order valence-electron chi connectivity index (χ2n) is 11.1. The summed E-state index contributed by atoms with van der Waals surface area (Å²) in [4.78, 5) is 18.7. The molecule has 41 heavy (non-hydrogen) atoms. The van der Waals surface area contributed by atoms with Crippen LogP contribution in [0.15, 0.2) is 71.5 Å². The third-order valence-electron chi connectivity index (χ3n) is 8.48. The number of nitrogens with zero attached hydrogens (tertiary/aromatic N) is 7. The molecule has 2 aliphatic rings. The predicted molar refractivity (Wildman–Crippen MR) is 161 cm³/mol. The van der Waals surface area contributed by atoms with E-state index in [4.69, 9.17) is 14.4 Å². The average Bonchev–Trinajstić information content (AvgIpc) is 3.65. The number of piperazine rings is 1. The second kappa shape index (κ2) is 10.7. The van der Waals surface area contributed by atoms with Crippen LogP contribution in [-0.4, -0.2) is 45.7 Å². The average molecular weight is 544 g/mol. The first-order valence-electron chi connectivity index (χ1n) is 14.6. The van der Waals surface area contributed by atoms with E-state index in [-0.39, 0.29) is 0 Å². The summed E-state index contributed by atoms with van der Waals surface area (Å²) in [6.45, 7) is 5.05. The van der Waals surface area contributed by atoms with Gasteiger partial charge in [0.15, 0.2) is 5.65 Å². The van der Waals surface area contributed by atoms with Gasteiger partial charge in [-0.1, -0.05) is 61.7 Å². The van der Waals surface area contributed by atoms with E-state index in [0.29, 0.717) is 17.5 Å². The number of rotatable bonds is 5. The summed E-state index contributed by atoms with van der Waals surface area (Å²) in [7, 11) is 0. The number of fused-ring (bicyclic) bond motifs is 1. The monoisotopic (exact) mass is 543 g/mol. The van der Waals surface area contributed by atoms with Crippen molar-refractivity contribution in [3.8, 4) is 22.9 Å². The van der Waals surface area contributed by atoms with Gasteiger partial charge in [-0.25, -0.2) is 15.0 Å². The molecule has 2 fully saturated rings. The van der Waals surface area contributed by atoms with Crippen LogP contribution in [0.4, 0.5) is 11.7 Å². The van der Waals surface area contributed by atoms with E-state index < -0.39 is 0 Å². The Kier molecular flexibility index (Phi) is 6.63. The summed E-state index contributed by atoms with van der Waals surface area (Å²) < 4.78 is 8.45. The molecule has 2 aromatic carbocycles. The molecule has 206 valence electrons. The largest absolute Gasteiger partial charge is 0.423 e. The van der Waals surface area contributed by atoms with Crippen LogP contribution < -0.4 is 9.80 Å². The minimum atomic E-state index is 0.328. The van der Waals surface area contributed by atoms with Crippen molar-refractivity contribution in [1.82, 2.24) is 19.5 Å². The molecule has 7 rings (SSSR count). The molecule has 1 saturated heterocycles. The van der Waals surface area contributed by atoms with Crippen LogP contribution in [0.3, 0.4) is 0 Å². The van der Waals surface area contributed by atoms with Gasteiger partial charge in [-0.2, -0.15) is 5.26 Å². The van der Waals surface area contributed by atoms with Crippen molar-refractivity contribution in [2.24, 2.45) is 0 Å². The van der Waals surface area contributed by atoms with Crippen molar-refractivity contribution in [2.45, 2.75) is 44.9 Å². The molecule has 1 aliphatic heterocycles. The van der Waals surface area contributed by atoms with Gasteiger partial charge < -0.3 is 18.8 Å². The molecule has 8 nitrogen and oxygen atoms in total. The Morgan fingerprint density at radius 3 is 2.44 bits per heavy atom. The summed E-state index contributed by atoms with van der Waals surface area (Å²) >= 11 is 0. The summed E-state index contributed by atoms with van der Waals surface area (Å²) in [5, 5.41) is 10.9. The first kappa shape index (κ1) is 25.3. The molecule has 0 radical (unpaired) electrons. The SMILES string of the molecule is Cc1cccc(-n2cc(-c3ccccc3)c3c(N4CCN(c5oc(C6CCCCC6)nc5C#N)CC4)ncnc32)c1. The van der Waals surface area contributed by atoms with Gasteiger partial charge in [-0.15, -0.1) is 0 Å². The number of anilines is 2. The number of aryl methyl sites for hydroxylation is 1. The molecule has 0 atom stereocenters. The number of hydrogen-bond acceptors (Lipinski definition) is 7. The second-order valence-corrected chi connectivity index (χ2v) is 11.1. The van der Waals surface area contributed by atoms with Gasteiger partial charge in [0.1, 0.15) is 18.2 Å². The molecule has 8 heteroatoms. The smallest absolute Gasteiger partial charge is 0.234 e. The molecule has 0 N–H and O–H groups in total. The molecule has 4 heterocycles. The minimum Gasteiger partial charge on any atom is -0.423 e. The van der Waals surface area contributed by atoms with Gasteiger partial charge in [0.25, 0.3) is 0 Å². The third kappa shape index (κ3) is 4.71. The fraction of sp³-hybridized carbons (Fsp3) is 0.333. The molecule has 0 amide bonds. The van der Waals surface area contributed by atoms with E-state index in [1.165, 1.54) is 24.8 Å². The number of oxazole rings is 1. The zero-order valence-corrected chi connectivity index (χ0v) is 23.3. The zero-order valence-electron chi connectivity index (χ0n) is 23.3. The minimum absolute atomic E-state index is 0.328. The van der Waals surface area contributed by atoms with Gasteiger partial charge in [-0.3, -0.25) is 0 Å². The molecule has 0 spiro atoms. The van der Waals surface area contributed by atoms with Crippen molar-refractivity contribution in [1.29, 1.82) is 5.26 Å². The normalized spacial score (nSPS) is 16.3. The standard InChI is InChI=1S/C33H33N7O/c1-23-9-8-14-26(19-23)40-21-27(24-10-4-2-5-11-24)29-30(35-22-36-31(29)40)38-15-17-39(18-16-38)33-28(20-34)37-32(41-33)25-12-6-3-7-13-25/h2,4-5,8-11,14,19,21-22,25H,3,6-7,12-13,15-18H2,1H3. The van der Waals surface area contributed by atoms with Gasteiger partial charge in [0.2, 0.25) is 17.5 Å². The maximum absolute atomic E-state index is 9.83. The number of aromatic nitrogens is 4. The Hall–Kier alpha value is -4.64. The van der Waals surface area contributed by atoms with E-state index in [1.54, 1.807) is 6.33 Å². The lowest BCUT2D eigenvalue weighted by molar-refractivity contribution is 0.362. The first-order valence-corrected chi connectivity index (χ1v) is 14.6. The van der Waals surface area contributed by atoms with Crippen LogP contribution in [0, 0.1) is 18.3 Å². The van der Waals surface area contributed by atoms with Crippen LogP contribution >= 0.6 is 0 Å². The van der Waals surface area contributed by atoms with Crippen LogP contribution in [0.1, 0.15) is 55.2 Å². The van der Waals surface area contributed by atoms with Crippen LogP contribution in [0.2, 0.25) is 0 Å². The summed E-state index contributed by atoms with van der Waals surface area (Å²) in [5.74, 6) is 2.62. The van der Waals surface area contributed by atoms with Crippen molar-refractivity contribution in [3.63, 3.8) is 0 Å². The lowest BCUT2D eigenvalue weighted by Crippen LogP contribution is -2.47.